The Hall–Kier alpha value is -1.40. The van der Waals surface area contributed by atoms with E-state index < -0.39 is 10.0 Å². The van der Waals surface area contributed by atoms with Crippen molar-refractivity contribution >= 4 is 15.9 Å². The average molecular weight is 397 g/mol. The van der Waals surface area contributed by atoms with Crippen molar-refractivity contribution in [1.82, 2.24) is 9.62 Å². The fourth-order valence-corrected chi connectivity index (χ4v) is 4.55. The summed E-state index contributed by atoms with van der Waals surface area (Å²) in [7, 11) is -3.42. The molecule has 0 spiro atoms. The minimum absolute atomic E-state index is 0.0600. The van der Waals surface area contributed by atoms with Gasteiger partial charge in [-0.15, -0.1) is 0 Å². The van der Waals surface area contributed by atoms with Gasteiger partial charge in [0.05, 0.1) is 4.90 Å². The predicted octanol–water partition coefficient (Wildman–Crippen LogP) is 3.98. The quantitative estimate of drug-likeness (QED) is 0.548. The van der Waals surface area contributed by atoms with E-state index in [9.17, 15) is 13.2 Å². The van der Waals surface area contributed by atoms with Gasteiger partial charge in [0.15, 0.2) is 0 Å². The van der Waals surface area contributed by atoms with E-state index in [1.165, 1.54) is 17.1 Å². The number of unbranched alkanes of at least 4 members (excludes halogenated alkanes) is 1. The van der Waals surface area contributed by atoms with E-state index in [-0.39, 0.29) is 5.91 Å². The summed E-state index contributed by atoms with van der Waals surface area (Å²) in [5.74, 6) is 0.614. The molecule has 1 atom stereocenters. The summed E-state index contributed by atoms with van der Waals surface area (Å²) in [6.45, 7) is 9.68. The maximum absolute atomic E-state index is 12.5. The SMILES string of the molecule is CCCCC(CC)CNC(=O)CCc1ccc(S(=O)(=O)N(CC)CC)cc1. The zero-order valence-corrected chi connectivity index (χ0v) is 18.1. The van der Waals surface area contributed by atoms with Crippen LogP contribution in [0.4, 0.5) is 0 Å². The number of sulfonamides is 1. The van der Waals surface area contributed by atoms with Crippen molar-refractivity contribution in [2.75, 3.05) is 19.6 Å². The lowest BCUT2D eigenvalue weighted by molar-refractivity contribution is -0.121. The number of amides is 1. The monoisotopic (exact) mass is 396 g/mol. The minimum Gasteiger partial charge on any atom is -0.356 e. The molecule has 154 valence electrons. The Kier molecular flexibility index (Phi) is 10.6. The van der Waals surface area contributed by atoms with Crippen LogP contribution >= 0.6 is 0 Å². The first-order chi connectivity index (χ1) is 12.9. The third kappa shape index (κ3) is 7.62. The molecule has 0 saturated heterocycles. The Morgan fingerprint density at radius 2 is 1.70 bits per heavy atom. The van der Waals surface area contributed by atoms with Crippen LogP contribution in [-0.4, -0.2) is 38.3 Å². The minimum atomic E-state index is -3.42. The van der Waals surface area contributed by atoms with Gasteiger partial charge in [0.1, 0.15) is 0 Å². The lowest BCUT2D eigenvalue weighted by Gasteiger charge is -2.18. The summed E-state index contributed by atoms with van der Waals surface area (Å²) in [4.78, 5) is 12.4. The number of carbonyl (C=O) groups is 1. The number of nitrogens with zero attached hydrogens (tertiary/aromatic N) is 1. The van der Waals surface area contributed by atoms with Crippen molar-refractivity contribution in [1.29, 1.82) is 0 Å². The van der Waals surface area contributed by atoms with Crippen LogP contribution in [0.15, 0.2) is 29.2 Å². The molecule has 6 heteroatoms. The Labute approximate surface area is 165 Å². The molecule has 0 aliphatic carbocycles. The van der Waals surface area contributed by atoms with E-state index in [2.05, 4.69) is 19.2 Å². The second-order valence-electron chi connectivity index (χ2n) is 6.95. The van der Waals surface area contributed by atoms with E-state index >= 15 is 0 Å². The van der Waals surface area contributed by atoms with Crippen LogP contribution in [0.2, 0.25) is 0 Å². The highest BCUT2D eigenvalue weighted by molar-refractivity contribution is 7.89. The fourth-order valence-electron chi connectivity index (χ4n) is 3.09. The zero-order chi connectivity index (χ0) is 20.3. The van der Waals surface area contributed by atoms with Crippen LogP contribution in [0.1, 0.15) is 65.4 Å². The van der Waals surface area contributed by atoms with Gasteiger partial charge < -0.3 is 5.32 Å². The van der Waals surface area contributed by atoms with E-state index in [0.29, 0.717) is 36.7 Å². The maximum atomic E-state index is 12.5. The molecule has 27 heavy (non-hydrogen) atoms. The highest BCUT2D eigenvalue weighted by Crippen LogP contribution is 2.17. The standard InChI is InChI=1S/C21H36N2O3S/c1-5-9-10-18(6-2)17-22-21(24)16-13-19-11-14-20(15-12-19)27(25,26)23(7-3)8-4/h11-12,14-15,18H,5-10,13,16-17H2,1-4H3,(H,22,24). The van der Waals surface area contributed by atoms with Crippen LogP contribution in [0, 0.1) is 5.92 Å². The highest BCUT2D eigenvalue weighted by atomic mass is 32.2. The molecule has 1 aromatic rings. The molecule has 0 radical (unpaired) electrons. The molecule has 0 aliphatic rings. The van der Waals surface area contributed by atoms with Crippen LogP contribution < -0.4 is 5.32 Å². The molecule has 0 heterocycles. The molecule has 0 bridgehead atoms. The van der Waals surface area contributed by atoms with Gasteiger partial charge in [0.2, 0.25) is 15.9 Å². The van der Waals surface area contributed by atoms with E-state index in [0.717, 1.165) is 24.9 Å². The molecular weight excluding hydrogens is 360 g/mol. The summed E-state index contributed by atoms with van der Waals surface area (Å²) in [6, 6.07) is 6.89. The Morgan fingerprint density at radius 1 is 1.07 bits per heavy atom. The first kappa shape index (κ1) is 23.6. The van der Waals surface area contributed by atoms with Crippen LogP contribution in [0.5, 0.6) is 0 Å². The van der Waals surface area contributed by atoms with Gasteiger partial charge >= 0.3 is 0 Å². The van der Waals surface area contributed by atoms with Crippen molar-refractivity contribution in [3.05, 3.63) is 29.8 Å². The Balaban J connectivity index is 2.53. The van der Waals surface area contributed by atoms with Gasteiger partial charge in [-0.2, -0.15) is 4.31 Å². The Bertz CT molecular complexity index is 653. The predicted molar refractivity (Wildman–Crippen MR) is 111 cm³/mol. The third-order valence-electron chi connectivity index (χ3n) is 5.04. The van der Waals surface area contributed by atoms with Gasteiger partial charge in [-0.3, -0.25) is 4.79 Å². The van der Waals surface area contributed by atoms with Gasteiger partial charge in [0, 0.05) is 26.1 Å². The van der Waals surface area contributed by atoms with Gasteiger partial charge in [0.25, 0.3) is 0 Å². The molecule has 1 aromatic carbocycles. The maximum Gasteiger partial charge on any atom is 0.243 e. The molecule has 0 aliphatic heterocycles. The number of aryl methyl sites for hydroxylation is 1. The molecule has 1 rings (SSSR count). The zero-order valence-electron chi connectivity index (χ0n) is 17.3. The molecule has 0 saturated carbocycles. The second-order valence-corrected chi connectivity index (χ2v) is 8.89. The van der Waals surface area contributed by atoms with Crippen LogP contribution in [0.25, 0.3) is 0 Å². The average Bonchev–Trinajstić information content (AvgIpc) is 2.67. The van der Waals surface area contributed by atoms with Crippen LogP contribution in [-0.2, 0) is 21.2 Å². The molecule has 1 amide bonds. The smallest absolute Gasteiger partial charge is 0.243 e. The number of nitrogens with one attached hydrogen (secondary N) is 1. The van der Waals surface area contributed by atoms with Gasteiger partial charge in [-0.05, 0) is 36.5 Å². The summed E-state index contributed by atoms with van der Waals surface area (Å²) >= 11 is 0. The van der Waals surface area contributed by atoms with Crippen molar-refractivity contribution in [3.8, 4) is 0 Å². The number of rotatable bonds is 13. The normalized spacial score (nSPS) is 12.9. The molecule has 5 nitrogen and oxygen atoms in total. The lowest BCUT2D eigenvalue weighted by atomic mass is 9.99. The number of benzene rings is 1. The van der Waals surface area contributed by atoms with E-state index in [4.69, 9.17) is 0 Å². The second kappa shape index (κ2) is 12.1. The first-order valence-corrected chi connectivity index (χ1v) is 11.7. The largest absolute Gasteiger partial charge is 0.356 e. The summed E-state index contributed by atoms with van der Waals surface area (Å²) < 4.78 is 26.4. The van der Waals surface area contributed by atoms with Crippen LogP contribution in [0.3, 0.4) is 0 Å². The lowest BCUT2D eigenvalue weighted by Crippen LogP contribution is -2.30. The summed E-state index contributed by atoms with van der Waals surface area (Å²) in [6.07, 6.45) is 5.68. The Morgan fingerprint density at radius 3 is 2.22 bits per heavy atom. The first-order valence-electron chi connectivity index (χ1n) is 10.2. The highest BCUT2D eigenvalue weighted by Gasteiger charge is 2.21. The third-order valence-corrected chi connectivity index (χ3v) is 7.10. The topological polar surface area (TPSA) is 66.5 Å². The molecular formula is C21H36N2O3S. The van der Waals surface area contributed by atoms with Crippen molar-refractivity contribution in [3.63, 3.8) is 0 Å². The van der Waals surface area contributed by atoms with Crippen molar-refractivity contribution < 1.29 is 13.2 Å². The fraction of sp³-hybridized carbons (Fsp3) is 0.667. The molecule has 1 unspecified atom stereocenters. The molecule has 1 N–H and O–H groups in total. The van der Waals surface area contributed by atoms with Crippen molar-refractivity contribution in [2.24, 2.45) is 5.92 Å². The van der Waals surface area contributed by atoms with E-state index in [1.807, 2.05) is 13.8 Å². The number of carbonyl (C=O) groups excluding carboxylic acids is 1. The van der Waals surface area contributed by atoms with Crippen molar-refractivity contribution in [2.45, 2.75) is 71.1 Å². The van der Waals surface area contributed by atoms with Gasteiger partial charge in [-0.1, -0.05) is 59.1 Å². The van der Waals surface area contributed by atoms with E-state index in [1.54, 1.807) is 24.3 Å². The summed E-state index contributed by atoms with van der Waals surface area (Å²) in [5.41, 5.74) is 0.974. The molecule has 0 fully saturated rings. The summed E-state index contributed by atoms with van der Waals surface area (Å²) in [5, 5.41) is 3.04. The van der Waals surface area contributed by atoms with Gasteiger partial charge in [-0.25, -0.2) is 8.42 Å². The number of hydrogen-bond acceptors (Lipinski definition) is 3. The molecule has 0 aromatic heterocycles. The number of hydrogen-bond donors (Lipinski definition) is 1.